The minimum atomic E-state index is -4.42. The van der Waals surface area contributed by atoms with Gasteiger partial charge in [0.15, 0.2) is 6.04 Å². The average molecular weight is 444 g/mol. The van der Waals surface area contributed by atoms with Gasteiger partial charge in [0.25, 0.3) is 0 Å². The highest BCUT2D eigenvalue weighted by Crippen LogP contribution is 2.37. The molecule has 0 spiro atoms. The summed E-state index contributed by atoms with van der Waals surface area (Å²) < 4.78 is 40.2. The molecule has 0 fully saturated rings. The molecule has 2 nitrogen and oxygen atoms in total. The lowest BCUT2D eigenvalue weighted by Gasteiger charge is -2.22. The van der Waals surface area contributed by atoms with E-state index < -0.39 is 12.2 Å². The van der Waals surface area contributed by atoms with Crippen molar-refractivity contribution in [1.82, 2.24) is 0 Å². The summed E-state index contributed by atoms with van der Waals surface area (Å²) in [5.74, 6) is 0.243. The van der Waals surface area contributed by atoms with Gasteiger partial charge in [-0.2, -0.15) is 13.2 Å². The number of amidine groups is 1. The molecule has 1 unspecified atom stereocenters. The van der Waals surface area contributed by atoms with Gasteiger partial charge in [0.1, 0.15) is 5.84 Å². The van der Waals surface area contributed by atoms with E-state index in [1.54, 1.807) is 30.3 Å². The molecular formula is C14H8BrCl2F3N2S. The van der Waals surface area contributed by atoms with Gasteiger partial charge in [0, 0.05) is 5.02 Å². The van der Waals surface area contributed by atoms with Crippen molar-refractivity contribution in [3.05, 3.63) is 49.0 Å². The van der Waals surface area contributed by atoms with Crippen LogP contribution in [0.2, 0.25) is 10.0 Å². The quantitative estimate of drug-likeness (QED) is 0.554. The van der Waals surface area contributed by atoms with Crippen LogP contribution in [0.5, 0.6) is 0 Å². The monoisotopic (exact) mass is 442 g/mol. The minimum absolute atomic E-state index is 0.243. The normalized spacial score (nSPS) is 18.4. The van der Waals surface area contributed by atoms with Crippen LogP contribution in [0.4, 0.5) is 18.9 Å². The van der Waals surface area contributed by atoms with Gasteiger partial charge in [0.05, 0.1) is 25.9 Å². The lowest BCUT2D eigenvalue weighted by molar-refractivity contribution is -0.142. The van der Waals surface area contributed by atoms with Crippen LogP contribution < -0.4 is 4.90 Å². The van der Waals surface area contributed by atoms with Gasteiger partial charge in [-0.15, -0.1) is 11.3 Å². The van der Waals surface area contributed by atoms with Crippen molar-refractivity contribution >= 4 is 62.0 Å². The first-order valence-electron chi connectivity index (χ1n) is 6.38. The summed E-state index contributed by atoms with van der Waals surface area (Å²) >= 11 is 16.7. The standard InChI is InChI=1S/C14H8BrCl2F3N2S/c15-12-4-3-10(23-12)13-21-11(14(18,19)20)6-22(13)9-5-7(16)1-2-8(9)17/h1-5,11H,6H2. The van der Waals surface area contributed by atoms with Crippen LogP contribution in [0.15, 0.2) is 39.1 Å². The van der Waals surface area contributed by atoms with E-state index in [1.807, 2.05) is 0 Å². The van der Waals surface area contributed by atoms with Crippen LogP contribution in [0.1, 0.15) is 4.88 Å². The van der Waals surface area contributed by atoms with E-state index in [9.17, 15) is 13.2 Å². The number of aliphatic imine (C=N–C) groups is 1. The van der Waals surface area contributed by atoms with E-state index in [2.05, 4.69) is 20.9 Å². The number of nitrogens with zero attached hydrogens (tertiary/aromatic N) is 2. The molecule has 2 heterocycles. The molecule has 9 heteroatoms. The first-order valence-corrected chi connectivity index (χ1v) is 8.75. The van der Waals surface area contributed by atoms with Crippen molar-refractivity contribution in [2.24, 2.45) is 4.99 Å². The van der Waals surface area contributed by atoms with E-state index in [4.69, 9.17) is 23.2 Å². The molecule has 0 N–H and O–H groups in total. The molecule has 2 aromatic rings. The molecule has 0 amide bonds. The summed E-state index contributed by atoms with van der Waals surface area (Å²) in [7, 11) is 0. The highest BCUT2D eigenvalue weighted by Gasteiger charge is 2.45. The second-order valence-corrected chi connectivity index (χ2v) is 8.13. The highest BCUT2D eigenvalue weighted by molar-refractivity contribution is 9.11. The third-order valence-corrected chi connectivity index (χ3v) is 5.43. The molecule has 0 radical (unpaired) electrons. The Bertz CT molecular complexity index is 776. The maximum Gasteiger partial charge on any atom is 0.412 e. The van der Waals surface area contributed by atoms with E-state index in [1.165, 1.54) is 16.2 Å². The number of halogens is 6. The predicted molar refractivity (Wildman–Crippen MR) is 92.2 cm³/mol. The third kappa shape index (κ3) is 3.52. The van der Waals surface area contributed by atoms with Crippen molar-refractivity contribution in [1.29, 1.82) is 0 Å². The Morgan fingerprint density at radius 2 is 1.96 bits per heavy atom. The van der Waals surface area contributed by atoms with Gasteiger partial charge in [-0.05, 0) is 46.3 Å². The number of anilines is 1. The molecular weight excluding hydrogens is 436 g/mol. The molecule has 1 aliphatic rings. The second-order valence-electron chi connectivity index (χ2n) is 4.82. The van der Waals surface area contributed by atoms with Gasteiger partial charge in [-0.3, -0.25) is 4.99 Å². The summed E-state index contributed by atoms with van der Waals surface area (Å²) in [6.45, 7) is -0.325. The maximum atomic E-state index is 13.1. The maximum absolute atomic E-state index is 13.1. The van der Waals surface area contributed by atoms with Gasteiger partial charge < -0.3 is 4.90 Å². The molecule has 0 saturated heterocycles. The van der Waals surface area contributed by atoms with Crippen LogP contribution in [-0.2, 0) is 0 Å². The van der Waals surface area contributed by atoms with Crippen molar-refractivity contribution in [3.63, 3.8) is 0 Å². The summed E-state index contributed by atoms with van der Waals surface area (Å²) in [5.41, 5.74) is 0.411. The minimum Gasteiger partial charge on any atom is -0.322 e. The molecule has 0 bridgehead atoms. The summed E-state index contributed by atoms with van der Waals surface area (Å²) in [4.78, 5) is 5.96. The van der Waals surface area contributed by atoms with E-state index in [0.29, 0.717) is 20.6 Å². The Kier molecular flexibility index (Phi) is 4.66. The molecule has 0 aliphatic carbocycles. The van der Waals surface area contributed by atoms with Gasteiger partial charge >= 0.3 is 6.18 Å². The molecule has 1 aliphatic heterocycles. The highest BCUT2D eigenvalue weighted by atomic mass is 79.9. The summed E-state index contributed by atoms with van der Waals surface area (Å²) in [5, 5.41) is 0.715. The average Bonchev–Trinajstić information content (AvgIpc) is 3.07. The first kappa shape index (κ1) is 17.1. The Morgan fingerprint density at radius 3 is 2.57 bits per heavy atom. The predicted octanol–water partition coefficient (Wildman–Crippen LogP) is 6.02. The van der Waals surface area contributed by atoms with Crippen LogP contribution in [0.3, 0.4) is 0 Å². The Balaban J connectivity index is 2.08. The van der Waals surface area contributed by atoms with Crippen molar-refractivity contribution in [2.45, 2.75) is 12.2 Å². The number of thiophene rings is 1. The van der Waals surface area contributed by atoms with E-state index in [0.717, 1.165) is 3.79 Å². The van der Waals surface area contributed by atoms with Crippen LogP contribution in [0.25, 0.3) is 0 Å². The second kappa shape index (κ2) is 6.27. The fourth-order valence-corrected chi connectivity index (χ4v) is 4.01. The fraction of sp³-hybridized carbons (Fsp3) is 0.214. The smallest absolute Gasteiger partial charge is 0.322 e. The zero-order chi connectivity index (χ0) is 16.8. The Hall–Kier alpha value is -0.760. The SMILES string of the molecule is FC(F)(F)C1CN(c2cc(Cl)ccc2Cl)C(c2ccc(Br)s2)=N1. The van der Waals surface area contributed by atoms with Gasteiger partial charge in [-0.1, -0.05) is 23.2 Å². The topological polar surface area (TPSA) is 15.6 Å². The zero-order valence-corrected chi connectivity index (χ0v) is 15.2. The van der Waals surface area contributed by atoms with Crippen molar-refractivity contribution in [2.75, 3.05) is 11.4 Å². The zero-order valence-electron chi connectivity index (χ0n) is 11.2. The molecule has 23 heavy (non-hydrogen) atoms. The van der Waals surface area contributed by atoms with E-state index >= 15 is 0 Å². The largest absolute Gasteiger partial charge is 0.412 e. The molecule has 1 aromatic heterocycles. The number of rotatable bonds is 2. The lowest BCUT2D eigenvalue weighted by atomic mass is 10.2. The van der Waals surface area contributed by atoms with Crippen molar-refractivity contribution in [3.8, 4) is 0 Å². The third-order valence-electron chi connectivity index (χ3n) is 3.26. The van der Waals surface area contributed by atoms with Crippen LogP contribution in [0, 0.1) is 0 Å². The van der Waals surface area contributed by atoms with Crippen LogP contribution in [-0.4, -0.2) is 24.6 Å². The first-order chi connectivity index (χ1) is 10.8. The molecule has 0 saturated carbocycles. The van der Waals surface area contributed by atoms with Gasteiger partial charge in [-0.25, -0.2) is 0 Å². The number of hydrogen-bond acceptors (Lipinski definition) is 3. The Morgan fingerprint density at radius 1 is 1.22 bits per heavy atom. The lowest BCUT2D eigenvalue weighted by Crippen LogP contribution is -2.35. The molecule has 3 rings (SSSR count). The Labute approximate surface area is 152 Å². The molecule has 1 aromatic carbocycles. The van der Waals surface area contributed by atoms with E-state index in [-0.39, 0.29) is 12.4 Å². The number of hydrogen-bond donors (Lipinski definition) is 0. The molecule has 122 valence electrons. The van der Waals surface area contributed by atoms with Gasteiger partial charge in [0.2, 0.25) is 0 Å². The number of benzene rings is 1. The van der Waals surface area contributed by atoms with Crippen molar-refractivity contribution < 1.29 is 13.2 Å². The summed E-state index contributed by atoms with van der Waals surface area (Å²) in [6.07, 6.45) is -4.42. The number of alkyl halides is 3. The fourth-order valence-electron chi connectivity index (χ4n) is 2.23. The van der Waals surface area contributed by atoms with Crippen LogP contribution >= 0.6 is 50.5 Å². The summed E-state index contributed by atoms with van der Waals surface area (Å²) in [6, 6.07) is 6.37. The molecule has 1 atom stereocenters.